The number of hydrogen-bond donors (Lipinski definition) is 0. The standard InChI is InChI=1S/C23H23NO7/c1-28-16-12-10-15(11-13-16)24-19(14-8-6-5-7-9-14)17(21(25)29-2)18(22(26)30-3)20(24)23(27)31-4/h5-13,19-20H,1-4H3/t19-,20+/m1/s1. The van der Waals surface area contributed by atoms with Crippen LogP contribution in [0.2, 0.25) is 0 Å². The lowest BCUT2D eigenvalue weighted by atomic mass is 9.96. The minimum atomic E-state index is -1.22. The van der Waals surface area contributed by atoms with Crippen molar-refractivity contribution >= 4 is 23.6 Å². The molecule has 162 valence electrons. The van der Waals surface area contributed by atoms with E-state index in [1.807, 2.05) is 6.07 Å². The van der Waals surface area contributed by atoms with Crippen molar-refractivity contribution < 1.29 is 33.3 Å². The number of hydrogen-bond acceptors (Lipinski definition) is 8. The van der Waals surface area contributed by atoms with E-state index in [-0.39, 0.29) is 11.1 Å². The van der Waals surface area contributed by atoms with Gasteiger partial charge in [-0.3, -0.25) is 0 Å². The van der Waals surface area contributed by atoms with Crippen molar-refractivity contribution in [3.05, 3.63) is 71.3 Å². The van der Waals surface area contributed by atoms with Crippen LogP contribution in [0.5, 0.6) is 5.75 Å². The second-order valence-electron chi connectivity index (χ2n) is 6.65. The number of esters is 3. The maximum absolute atomic E-state index is 12.9. The summed E-state index contributed by atoms with van der Waals surface area (Å²) in [6.07, 6.45) is 0. The highest BCUT2D eigenvalue weighted by Gasteiger charge is 2.51. The average molecular weight is 425 g/mol. The predicted octanol–water partition coefficient (Wildman–Crippen LogP) is 2.44. The van der Waals surface area contributed by atoms with Crippen LogP contribution in [-0.2, 0) is 28.6 Å². The molecule has 1 heterocycles. The summed E-state index contributed by atoms with van der Waals surface area (Å²) in [7, 11) is 5.17. The molecule has 3 rings (SSSR count). The van der Waals surface area contributed by atoms with Gasteiger partial charge in [-0.15, -0.1) is 0 Å². The SMILES string of the molecule is COC(=O)C1=C(C(=O)OC)[C@@H](c2ccccc2)N(c2ccc(OC)cc2)[C@@H]1C(=O)OC. The molecule has 0 bridgehead atoms. The Morgan fingerprint density at radius 3 is 1.84 bits per heavy atom. The lowest BCUT2D eigenvalue weighted by molar-refractivity contribution is -0.144. The highest BCUT2D eigenvalue weighted by Crippen LogP contribution is 2.45. The van der Waals surface area contributed by atoms with Crippen molar-refractivity contribution in [2.45, 2.75) is 12.1 Å². The molecule has 0 N–H and O–H groups in total. The van der Waals surface area contributed by atoms with Gasteiger partial charge in [0, 0.05) is 5.69 Å². The lowest BCUT2D eigenvalue weighted by Gasteiger charge is -2.33. The summed E-state index contributed by atoms with van der Waals surface area (Å²) in [5, 5.41) is 0. The number of carbonyl (C=O) groups excluding carboxylic acids is 3. The molecule has 0 fully saturated rings. The second-order valence-corrected chi connectivity index (χ2v) is 6.65. The fraction of sp³-hybridized carbons (Fsp3) is 0.261. The van der Waals surface area contributed by atoms with E-state index in [4.69, 9.17) is 18.9 Å². The van der Waals surface area contributed by atoms with Crippen molar-refractivity contribution in [2.75, 3.05) is 33.3 Å². The van der Waals surface area contributed by atoms with Gasteiger partial charge in [0.15, 0.2) is 6.04 Å². The first-order valence-electron chi connectivity index (χ1n) is 9.44. The van der Waals surface area contributed by atoms with Crippen LogP contribution in [0.3, 0.4) is 0 Å². The molecular formula is C23H23NO7. The van der Waals surface area contributed by atoms with Crippen LogP contribution in [-0.4, -0.2) is 52.4 Å². The third kappa shape index (κ3) is 3.96. The summed E-state index contributed by atoms with van der Waals surface area (Å²) >= 11 is 0. The fourth-order valence-corrected chi connectivity index (χ4v) is 3.74. The molecule has 8 nitrogen and oxygen atoms in total. The number of benzene rings is 2. The molecule has 0 spiro atoms. The number of anilines is 1. The van der Waals surface area contributed by atoms with E-state index in [2.05, 4.69) is 0 Å². The molecule has 0 saturated heterocycles. The van der Waals surface area contributed by atoms with Crippen LogP contribution in [0.15, 0.2) is 65.7 Å². The molecule has 8 heteroatoms. The third-order valence-corrected chi connectivity index (χ3v) is 5.11. The first kappa shape index (κ1) is 21.9. The van der Waals surface area contributed by atoms with Gasteiger partial charge in [-0.2, -0.15) is 0 Å². The first-order chi connectivity index (χ1) is 15.0. The molecule has 0 saturated carbocycles. The first-order valence-corrected chi connectivity index (χ1v) is 9.44. The van der Waals surface area contributed by atoms with Gasteiger partial charge in [-0.05, 0) is 29.8 Å². The van der Waals surface area contributed by atoms with Gasteiger partial charge in [-0.1, -0.05) is 30.3 Å². The van der Waals surface area contributed by atoms with E-state index in [0.29, 0.717) is 17.0 Å². The molecule has 1 aliphatic rings. The predicted molar refractivity (Wildman–Crippen MR) is 112 cm³/mol. The zero-order valence-corrected chi connectivity index (χ0v) is 17.7. The van der Waals surface area contributed by atoms with E-state index in [1.165, 1.54) is 21.3 Å². The molecule has 2 atom stereocenters. The molecule has 0 aliphatic carbocycles. The molecule has 2 aromatic rings. The number of ether oxygens (including phenoxy) is 4. The number of methoxy groups -OCH3 is 4. The highest BCUT2D eigenvalue weighted by atomic mass is 16.5. The van der Waals surface area contributed by atoms with E-state index < -0.39 is 30.0 Å². The Morgan fingerprint density at radius 1 is 0.742 bits per heavy atom. The Labute approximate surface area is 180 Å². The Bertz CT molecular complexity index is 998. The maximum Gasteiger partial charge on any atom is 0.337 e. The fourth-order valence-electron chi connectivity index (χ4n) is 3.74. The largest absolute Gasteiger partial charge is 0.497 e. The summed E-state index contributed by atoms with van der Waals surface area (Å²) in [5.74, 6) is -1.65. The minimum Gasteiger partial charge on any atom is -0.497 e. The molecule has 0 amide bonds. The normalized spacial score (nSPS) is 17.9. The molecule has 0 radical (unpaired) electrons. The summed E-state index contributed by atoms with van der Waals surface area (Å²) in [4.78, 5) is 40.2. The van der Waals surface area contributed by atoms with Crippen LogP contribution in [0, 0.1) is 0 Å². The summed E-state index contributed by atoms with van der Waals surface area (Å²) in [6, 6.07) is 14.0. The highest BCUT2D eigenvalue weighted by molar-refractivity contribution is 6.10. The van der Waals surface area contributed by atoms with Crippen molar-refractivity contribution in [2.24, 2.45) is 0 Å². The van der Waals surface area contributed by atoms with Gasteiger partial charge in [0.2, 0.25) is 0 Å². The quantitative estimate of drug-likeness (QED) is 0.515. The molecule has 1 aliphatic heterocycles. The van der Waals surface area contributed by atoms with E-state index in [0.717, 1.165) is 0 Å². The van der Waals surface area contributed by atoms with Crippen molar-refractivity contribution in [3.8, 4) is 5.75 Å². The zero-order valence-electron chi connectivity index (χ0n) is 17.7. The molecule has 2 aromatic carbocycles. The number of carbonyl (C=O) groups is 3. The van der Waals surface area contributed by atoms with Gasteiger partial charge in [-0.25, -0.2) is 14.4 Å². The van der Waals surface area contributed by atoms with Crippen molar-refractivity contribution in [3.63, 3.8) is 0 Å². The molecule has 31 heavy (non-hydrogen) atoms. The van der Waals surface area contributed by atoms with E-state index in [1.54, 1.807) is 60.5 Å². The maximum atomic E-state index is 12.9. The lowest BCUT2D eigenvalue weighted by Crippen LogP contribution is -2.42. The van der Waals surface area contributed by atoms with Crippen molar-refractivity contribution in [1.82, 2.24) is 0 Å². The van der Waals surface area contributed by atoms with Gasteiger partial charge < -0.3 is 23.8 Å². The van der Waals surface area contributed by atoms with Gasteiger partial charge in [0.05, 0.1) is 45.6 Å². The van der Waals surface area contributed by atoms with Gasteiger partial charge in [0.1, 0.15) is 5.75 Å². The topological polar surface area (TPSA) is 91.4 Å². The minimum absolute atomic E-state index is 0.0202. The van der Waals surface area contributed by atoms with Gasteiger partial charge >= 0.3 is 17.9 Å². The van der Waals surface area contributed by atoms with Gasteiger partial charge in [0.25, 0.3) is 0 Å². The van der Waals surface area contributed by atoms with Crippen LogP contribution in [0.1, 0.15) is 11.6 Å². The van der Waals surface area contributed by atoms with Crippen LogP contribution in [0.4, 0.5) is 5.69 Å². The zero-order chi connectivity index (χ0) is 22.5. The molecular weight excluding hydrogens is 402 g/mol. The Morgan fingerprint density at radius 2 is 1.32 bits per heavy atom. The second kappa shape index (κ2) is 9.34. The summed E-state index contributed by atoms with van der Waals surface area (Å²) < 4.78 is 20.1. The number of rotatable bonds is 6. The van der Waals surface area contributed by atoms with E-state index >= 15 is 0 Å². The summed E-state index contributed by atoms with van der Waals surface area (Å²) in [5.41, 5.74) is 1.16. The van der Waals surface area contributed by atoms with Crippen LogP contribution in [0.25, 0.3) is 0 Å². The Balaban J connectivity index is 2.32. The average Bonchev–Trinajstić information content (AvgIpc) is 3.19. The van der Waals surface area contributed by atoms with Crippen LogP contribution >= 0.6 is 0 Å². The number of nitrogens with zero attached hydrogens (tertiary/aromatic N) is 1. The van der Waals surface area contributed by atoms with Crippen LogP contribution < -0.4 is 9.64 Å². The Kier molecular flexibility index (Phi) is 6.59. The third-order valence-electron chi connectivity index (χ3n) is 5.11. The van der Waals surface area contributed by atoms with Crippen molar-refractivity contribution in [1.29, 1.82) is 0 Å². The Hall–Kier alpha value is -3.81. The monoisotopic (exact) mass is 425 g/mol. The molecule has 0 unspecified atom stereocenters. The smallest absolute Gasteiger partial charge is 0.337 e. The summed E-state index contributed by atoms with van der Waals surface area (Å²) in [6.45, 7) is 0. The molecule has 0 aromatic heterocycles. The van der Waals surface area contributed by atoms with E-state index in [9.17, 15) is 14.4 Å².